The smallest absolute Gasteiger partial charge is 0.303 e. The zero-order valence-corrected chi connectivity index (χ0v) is 28.5. The zero-order valence-electron chi connectivity index (χ0n) is 28.5. The van der Waals surface area contributed by atoms with Gasteiger partial charge in [-0.25, -0.2) is 0 Å². The zero-order chi connectivity index (χ0) is 34.9. The summed E-state index contributed by atoms with van der Waals surface area (Å²) in [6.45, 7) is 5.68. The van der Waals surface area contributed by atoms with Crippen molar-refractivity contribution in [1.29, 1.82) is 0 Å². The molecule has 0 bridgehead atoms. The third-order valence-corrected chi connectivity index (χ3v) is 9.08. The van der Waals surface area contributed by atoms with E-state index in [2.05, 4.69) is 10.2 Å². The van der Waals surface area contributed by atoms with Crippen molar-refractivity contribution in [1.82, 2.24) is 10.2 Å². The fourth-order valence-electron chi connectivity index (χ4n) is 6.09. The Labute approximate surface area is 288 Å². The molecule has 1 fully saturated rings. The number of ether oxygens (including phenoxy) is 3. The van der Waals surface area contributed by atoms with Crippen LogP contribution in [0.1, 0.15) is 73.5 Å². The van der Waals surface area contributed by atoms with Gasteiger partial charge in [-0.1, -0.05) is 103 Å². The molecule has 1 aliphatic heterocycles. The molecule has 258 valence electrons. The molecule has 0 aliphatic carbocycles. The maximum Gasteiger partial charge on any atom is 0.303 e. The highest BCUT2D eigenvalue weighted by Gasteiger charge is 2.34. The lowest BCUT2D eigenvalue weighted by atomic mass is 9.97. The fraction of sp³-hybridized carbons (Fsp3) is 0.350. The minimum Gasteiger partial charge on any atom is -0.453 e. The lowest BCUT2D eigenvalue weighted by Crippen LogP contribution is -2.43. The van der Waals surface area contributed by atoms with Crippen LogP contribution in [0.25, 0.3) is 11.1 Å². The van der Waals surface area contributed by atoms with Crippen LogP contribution < -0.4 is 5.32 Å². The minimum absolute atomic E-state index is 0.0260. The molecule has 49 heavy (non-hydrogen) atoms. The number of hydrogen-bond acceptors (Lipinski definition) is 8. The SMILES string of the molecule is CC(=O)O[C@@H](C)C(=O)NCc1ccccc1-c1ccc([C@H]2O[C@@H](CN(C)[C@H](C)[C@@H](O)c3ccccc3)C[C@@H](c3ccc(CO)cc3)O2)cc1. The van der Waals surface area contributed by atoms with E-state index in [1.54, 1.807) is 6.92 Å². The average Bonchev–Trinajstić information content (AvgIpc) is 3.13. The summed E-state index contributed by atoms with van der Waals surface area (Å²) in [5.74, 6) is -0.869. The number of nitrogens with one attached hydrogen (secondary N) is 1. The van der Waals surface area contributed by atoms with Gasteiger partial charge in [0, 0.05) is 38.0 Å². The first-order valence-corrected chi connectivity index (χ1v) is 16.7. The van der Waals surface area contributed by atoms with Crippen LogP contribution in [-0.4, -0.2) is 58.8 Å². The first-order valence-electron chi connectivity index (χ1n) is 16.7. The van der Waals surface area contributed by atoms with E-state index in [1.807, 2.05) is 117 Å². The van der Waals surface area contributed by atoms with E-state index in [0.29, 0.717) is 13.0 Å². The molecule has 0 unspecified atom stereocenters. The molecule has 4 aromatic carbocycles. The monoisotopic (exact) mass is 666 g/mol. The Bertz CT molecular complexity index is 1660. The Morgan fingerprint density at radius 2 is 1.55 bits per heavy atom. The van der Waals surface area contributed by atoms with Gasteiger partial charge in [-0.3, -0.25) is 14.5 Å². The molecule has 1 saturated heterocycles. The topological polar surface area (TPSA) is 118 Å². The molecule has 4 aromatic rings. The highest BCUT2D eigenvalue weighted by Crippen LogP contribution is 2.39. The Balaban J connectivity index is 1.33. The van der Waals surface area contributed by atoms with E-state index in [0.717, 1.165) is 38.9 Å². The second-order valence-electron chi connectivity index (χ2n) is 12.6. The number of carbonyl (C=O) groups is 2. The lowest BCUT2D eigenvalue weighted by Gasteiger charge is -2.39. The van der Waals surface area contributed by atoms with Crippen LogP contribution in [0.2, 0.25) is 0 Å². The summed E-state index contributed by atoms with van der Waals surface area (Å²) in [5, 5.41) is 23.5. The van der Waals surface area contributed by atoms with Gasteiger partial charge in [-0.2, -0.15) is 0 Å². The Kier molecular flexibility index (Phi) is 12.3. The van der Waals surface area contributed by atoms with Crippen LogP contribution in [0.3, 0.4) is 0 Å². The van der Waals surface area contributed by atoms with Crippen molar-refractivity contribution in [2.45, 2.75) is 77.1 Å². The highest BCUT2D eigenvalue weighted by molar-refractivity contribution is 5.83. The first-order chi connectivity index (χ1) is 23.6. The molecule has 3 N–H and O–H groups in total. The molecule has 6 atom stereocenters. The molecule has 0 radical (unpaired) electrons. The molecular weight excluding hydrogens is 620 g/mol. The third kappa shape index (κ3) is 9.41. The predicted octanol–water partition coefficient (Wildman–Crippen LogP) is 6.01. The average molecular weight is 667 g/mol. The number of carbonyl (C=O) groups excluding carboxylic acids is 2. The summed E-state index contributed by atoms with van der Waals surface area (Å²) < 4.78 is 18.2. The Morgan fingerprint density at radius 1 is 0.898 bits per heavy atom. The van der Waals surface area contributed by atoms with Crippen molar-refractivity contribution >= 4 is 11.9 Å². The maximum absolute atomic E-state index is 12.5. The van der Waals surface area contributed by atoms with Gasteiger partial charge in [0.15, 0.2) is 12.4 Å². The number of hydrogen-bond donors (Lipinski definition) is 3. The van der Waals surface area contributed by atoms with Crippen LogP contribution in [-0.2, 0) is 37.0 Å². The van der Waals surface area contributed by atoms with Gasteiger partial charge >= 0.3 is 5.97 Å². The summed E-state index contributed by atoms with van der Waals surface area (Å²) in [5.41, 5.74) is 6.43. The summed E-state index contributed by atoms with van der Waals surface area (Å²) in [7, 11) is 2.00. The van der Waals surface area contributed by atoms with Crippen LogP contribution in [0, 0.1) is 0 Å². The highest BCUT2D eigenvalue weighted by atomic mass is 16.7. The summed E-state index contributed by atoms with van der Waals surface area (Å²) in [6.07, 6.45) is -1.95. The lowest BCUT2D eigenvalue weighted by molar-refractivity contribution is -0.253. The predicted molar refractivity (Wildman–Crippen MR) is 187 cm³/mol. The van der Waals surface area contributed by atoms with Crippen molar-refractivity contribution in [3.05, 3.63) is 131 Å². The van der Waals surface area contributed by atoms with Crippen LogP contribution in [0.15, 0.2) is 103 Å². The van der Waals surface area contributed by atoms with Gasteiger partial charge in [0.2, 0.25) is 0 Å². The summed E-state index contributed by atoms with van der Waals surface area (Å²) >= 11 is 0. The molecule has 9 heteroatoms. The second-order valence-corrected chi connectivity index (χ2v) is 12.6. The van der Waals surface area contributed by atoms with Gasteiger partial charge < -0.3 is 29.7 Å². The Morgan fingerprint density at radius 3 is 2.22 bits per heavy atom. The summed E-state index contributed by atoms with van der Waals surface area (Å²) in [4.78, 5) is 25.8. The van der Waals surface area contributed by atoms with E-state index in [4.69, 9.17) is 14.2 Å². The van der Waals surface area contributed by atoms with Crippen molar-refractivity contribution in [2.75, 3.05) is 13.6 Å². The van der Waals surface area contributed by atoms with Crippen LogP contribution >= 0.6 is 0 Å². The van der Waals surface area contributed by atoms with E-state index in [1.165, 1.54) is 6.92 Å². The standard InChI is InChI=1S/C40H46N2O7/c1-26(38(45)32-10-6-5-7-11-32)42(4)24-35-22-37(31-16-14-29(25-43)15-17-31)49-40(48-35)33-20-18-30(19-21-33)36-13-9-8-12-34(36)23-41-39(46)27(2)47-28(3)44/h5-21,26-27,35,37-38,40,43,45H,22-25H2,1-4H3,(H,41,46)/t26-,27+,35-,37+,38-,40+/m1/s1. The molecule has 0 saturated carbocycles. The number of likely N-dealkylation sites (N-methyl/N-ethyl adjacent to an activating group) is 1. The van der Waals surface area contributed by atoms with Gasteiger partial charge in [0.1, 0.15) is 0 Å². The van der Waals surface area contributed by atoms with Crippen molar-refractivity contribution in [3.63, 3.8) is 0 Å². The van der Waals surface area contributed by atoms with Crippen molar-refractivity contribution in [2.24, 2.45) is 0 Å². The third-order valence-electron chi connectivity index (χ3n) is 9.08. The van der Waals surface area contributed by atoms with Gasteiger partial charge in [-0.15, -0.1) is 0 Å². The van der Waals surface area contributed by atoms with Crippen LogP contribution in [0.4, 0.5) is 0 Å². The number of nitrogens with zero attached hydrogens (tertiary/aromatic N) is 1. The van der Waals surface area contributed by atoms with Crippen molar-refractivity contribution in [3.8, 4) is 11.1 Å². The van der Waals surface area contributed by atoms with E-state index in [9.17, 15) is 19.8 Å². The van der Waals surface area contributed by atoms with Crippen molar-refractivity contribution < 1.29 is 34.0 Å². The molecule has 1 aliphatic rings. The molecule has 1 heterocycles. The molecule has 1 amide bonds. The molecule has 9 nitrogen and oxygen atoms in total. The largest absolute Gasteiger partial charge is 0.453 e. The number of amides is 1. The second kappa shape index (κ2) is 16.8. The number of aliphatic hydroxyl groups is 2. The quantitative estimate of drug-likeness (QED) is 0.149. The van der Waals surface area contributed by atoms with E-state index < -0.39 is 24.5 Å². The number of rotatable bonds is 13. The molecule has 0 spiro atoms. The summed E-state index contributed by atoms with van der Waals surface area (Å²) in [6, 6.07) is 33.2. The first kappa shape index (κ1) is 35.9. The van der Waals surface area contributed by atoms with Gasteiger partial charge in [0.25, 0.3) is 5.91 Å². The number of esters is 1. The van der Waals surface area contributed by atoms with E-state index in [-0.39, 0.29) is 37.3 Å². The Hall–Kier alpha value is -4.38. The molecular formula is C40H46N2O7. The number of benzene rings is 4. The molecule has 0 aromatic heterocycles. The normalized spacial score (nSPS) is 19.5. The molecule has 5 rings (SSSR count). The van der Waals surface area contributed by atoms with Gasteiger partial charge in [-0.05, 0) is 54.3 Å². The minimum atomic E-state index is -0.878. The van der Waals surface area contributed by atoms with Gasteiger partial charge in [0.05, 0.1) is 24.9 Å². The fourth-order valence-corrected chi connectivity index (χ4v) is 6.09. The van der Waals surface area contributed by atoms with Crippen LogP contribution in [0.5, 0.6) is 0 Å². The number of aliphatic hydroxyl groups excluding tert-OH is 2. The maximum atomic E-state index is 12.5. The van der Waals surface area contributed by atoms with E-state index >= 15 is 0 Å².